The summed E-state index contributed by atoms with van der Waals surface area (Å²) in [5, 5.41) is 5.54. The van der Waals surface area contributed by atoms with Gasteiger partial charge in [-0.25, -0.2) is 0 Å². The number of para-hydroxylation sites is 1. The molecule has 0 aliphatic rings. The molecular weight excluding hydrogens is 242 g/mol. The number of benzene rings is 1. The number of halogens is 1. The van der Waals surface area contributed by atoms with Gasteiger partial charge < -0.3 is 5.32 Å². The number of hydrogen-bond acceptors (Lipinski definition) is 3. The Morgan fingerprint density at radius 1 is 1.25 bits per heavy atom. The van der Waals surface area contributed by atoms with E-state index in [1.807, 2.05) is 35.7 Å². The van der Waals surface area contributed by atoms with Crippen molar-refractivity contribution in [3.8, 4) is 0 Å². The van der Waals surface area contributed by atoms with Crippen LogP contribution in [-0.2, 0) is 0 Å². The monoisotopic (exact) mass is 251 g/mol. The van der Waals surface area contributed by atoms with Crippen LogP contribution in [0.5, 0.6) is 0 Å². The number of carbonyl (C=O) groups excluding carboxylic acids is 1. The van der Waals surface area contributed by atoms with Crippen molar-refractivity contribution in [2.24, 2.45) is 0 Å². The van der Waals surface area contributed by atoms with E-state index in [1.165, 1.54) is 11.3 Å². The lowest BCUT2D eigenvalue weighted by Gasteiger charge is -2.06. The molecule has 2 aromatic rings. The molecule has 2 rings (SSSR count). The van der Waals surface area contributed by atoms with Gasteiger partial charge in [0.15, 0.2) is 5.78 Å². The lowest BCUT2D eigenvalue weighted by atomic mass is 10.3. The van der Waals surface area contributed by atoms with Crippen LogP contribution in [0.2, 0.25) is 5.02 Å². The van der Waals surface area contributed by atoms with Crippen molar-refractivity contribution >= 4 is 34.4 Å². The molecule has 0 fully saturated rings. The highest BCUT2D eigenvalue weighted by atomic mass is 35.5. The van der Waals surface area contributed by atoms with Gasteiger partial charge in [0.2, 0.25) is 0 Å². The SMILES string of the molecule is O=C(CNc1ccccc1Cl)c1cccs1. The van der Waals surface area contributed by atoms with Gasteiger partial charge in [0.1, 0.15) is 0 Å². The second-order valence-electron chi connectivity index (χ2n) is 3.23. The van der Waals surface area contributed by atoms with E-state index in [9.17, 15) is 4.79 Å². The zero-order chi connectivity index (χ0) is 11.4. The van der Waals surface area contributed by atoms with Crippen molar-refractivity contribution in [3.63, 3.8) is 0 Å². The fourth-order valence-corrected chi connectivity index (χ4v) is 2.17. The fourth-order valence-electron chi connectivity index (χ4n) is 1.30. The molecule has 1 aromatic heterocycles. The number of thiophene rings is 1. The number of ketones is 1. The second kappa shape index (κ2) is 5.14. The van der Waals surface area contributed by atoms with E-state index in [4.69, 9.17) is 11.6 Å². The summed E-state index contributed by atoms with van der Waals surface area (Å²) in [5.41, 5.74) is 0.786. The average molecular weight is 252 g/mol. The maximum atomic E-state index is 11.7. The molecular formula is C12H10ClNOS. The van der Waals surface area contributed by atoms with Crippen LogP contribution in [-0.4, -0.2) is 12.3 Å². The number of Topliss-reactive ketones (excluding diaryl/α,β-unsaturated/α-hetero) is 1. The summed E-state index contributed by atoms with van der Waals surface area (Å²) in [7, 11) is 0. The Bertz CT molecular complexity index is 482. The van der Waals surface area contributed by atoms with Gasteiger partial charge >= 0.3 is 0 Å². The maximum Gasteiger partial charge on any atom is 0.191 e. The summed E-state index contributed by atoms with van der Waals surface area (Å²) in [4.78, 5) is 12.5. The van der Waals surface area contributed by atoms with E-state index in [0.29, 0.717) is 5.02 Å². The van der Waals surface area contributed by atoms with Gasteiger partial charge in [-0.3, -0.25) is 4.79 Å². The largest absolute Gasteiger partial charge is 0.376 e. The second-order valence-corrected chi connectivity index (χ2v) is 4.59. The van der Waals surface area contributed by atoms with Crippen molar-refractivity contribution in [2.45, 2.75) is 0 Å². The first-order valence-corrected chi connectivity index (χ1v) is 6.08. The summed E-state index contributed by atoms with van der Waals surface area (Å²) in [6, 6.07) is 11.1. The molecule has 1 heterocycles. The maximum absolute atomic E-state index is 11.7. The Balaban J connectivity index is 1.98. The number of carbonyl (C=O) groups is 1. The van der Waals surface area contributed by atoms with Crippen LogP contribution in [0.4, 0.5) is 5.69 Å². The third kappa shape index (κ3) is 2.62. The average Bonchev–Trinajstić information content (AvgIpc) is 2.81. The smallest absolute Gasteiger partial charge is 0.191 e. The number of anilines is 1. The van der Waals surface area contributed by atoms with E-state index in [2.05, 4.69) is 5.32 Å². The first kappa shape index (κ1) is 11.2. The third-order valence-electron chi connectivity index (χ3n) is 2.11. The van der Waals surface area contributed by atoms with E-state index < -0.39 is 0 Å². The molecule has 1 aromatic carbocycles. The molecule has 4 heteroatoms. The minimum Gasteiger partial charge on any atom is -0.376 e. The number of rotatable bonds is 4. The summed E-state index contributed by atoms with van der Waals surface area (Å²) in [6.45, 7) is 0.268. The van der Waals surface area contributed by atoms with E-state index in [1.54, 1.807) is 6.07 Å². The molecule has 0 saturated carbocycles. The molecule has 0 aliphatic carbocycles. The summed E-state index contributed by atoms with van der Waals surface area (Å²) >= 11 is 7.41. The molecule has 0 atom stereocenters. The predicted molar refractivity (Wildman–Crippen MR) is 68.6 cm³/mol. The molecule has 0 unspecified atom stereocenters. The lowest BCUT2D eigenvalue weighted by molar-refractivity contribution is 0.101. The fraction of sp³-hybridized carbons (Fsp3) is 0.0833. The van der Waals surface area contributed by atoms with Gasteiger partial charge in [0.25, 0.3) is 0 Å². The van der Waals surface area contributed by atoms with Crippen molar-refractivity contribution < 1.29 is 4.79 Å². The van der Waals surface area contributed by atoms with Crippen LogP contribution in [0.3, 0.4) is 0 Å². The molecule has 16 heavy (non-hydrogen) atoms. The Hall–Kier alpha value is -1.32. The molecule has 0 bridgehead atoms. The molecule has 0 aliphatic heterocycles. The first-order chi connectivity index (χ1) is 7.77. The standard InChI is InChI=1S/C12H10ClNOS/c13-9-4-1-2-5-10(9)14-8-11(15)12-6-3-7-16-12/h1-7,14H,8H2. The van der Waals surface area contributed by atoms with Crippen LogP contribution < -0.4 is 5.32 Å². The highest BCUT2D eigenvalue weighted by Gasteiger charge is 2.06. The Kier molecular flexibility index (Phi) is 3.59. The van der Waals surface area contributed by atoms with Crippen LogP contribution in [0.25, 0.3) is 0 Å². The quantitative estimate of drug-likeness (QED) is 0.840. The zero-order valence-electron chi connectivity index (χ0n) is 8.44. The van der Waals surface area contributed by atoms with E-state index in [0.717, 1.165) is 10.6 Å². The molecule has 0 amide bonds. The first-order valence-electron chi connectivity index (χ1n) is 4.82. The normalized spacial score (nSPS) is 10.1. The Labute approximate surface area is 103 Å². The van der Waals surface area contributed by atoms with Gasteiger partial charge in [-0.2, -0.15) is 0 Å². The molecule has 0 saturated heterocycles. The molecule has 82 valence electrons. The summed E-state index contributed by atoms with van der Waals surface area (Å²) in [5.74, 6) is 0.0786. The lowest BCUT2D eigenvalue weighted by Crippen LogP contribution is -2.12. The van der Waals surface area contributed by atoms with Crippen molar-refractivity contribution in [3.05, 3.63) is 51.7 Å². The van der Waals surface area contributed by atoms with E-state index in [-0.39, 0.29) is 12.3 Å². The van der Waals surface area contributed by atoms with Gasteiger partial charge in [0, 0.05) is 0 Å². The molecule has 0 spiro atoms. The highest BCUT2D eigenvalue weighted by Crippen LogP contribution is 2.20. The molecule has 1 N–H and O–H groups in total. The van der Waals surface area contributed by atoms with Crippen LogP contribution in [0, 0.1) is 0 Å². The van der Waals surface area contributed by atoms with E-state index >= 15 is 0 Å². The number of hydrogen-bond donors (Lipinski definition) is 1. The zero-order valence-corrected chi connectivity index (χ0v) is 10.0. The summed E-state index contributed by atoms with van der Waals surface area (Å²) < 4.78 is 0. The van der Waals surface area contributed by atoms with Gasteiger partial charge in [-0.05, 0) is 23.6 Å². The Morgan fingerprint density at radius 2 is 2.06 bits per heavy atom. The molecule has 0 radical (unpaired) electrons. The predicted octanol–water partition coefficient (Wildman–Crippen LogP) is 3.70. The minimum atomic E-state index is 0.0786. The van der Waals surface area contributed by atoms with Crippen LogP contribution >= 0.6 is 22.9 Å². The Morgan fingerprint density at radius 3 is 2.75 bits per heavy atom. The number of nitrogens with one attached hydrogen (secondary N) is 1. The topological polar surface area (TPSA) is 29.1 Å². The van der Waals surface area contributed by atoms with Crippen molar-refractivity contribution in [1.29, 1.82) is 0 Å². The minimum absolute atomic E-state index is 0.0786. The molecule has 2 nitrogen and oxygen atoms in total. The van der Waals surface area contributed by atoms with Gasteiger partial charge in [0.05, 0.1) is 22.1 Å². The van der Waals surface area contributed by atoms with Crippen molar-refractivity contribution in [1.82, 2.24) is 0 Å². The highest BCUT2D eigenvalue weighted by molar-refractivity contribution is 7.12. The van der Waals surface area contributed by atoms with Gasteiger partial charge in [-0.15, -0.1) is 11.3 Å². The van der Waals surface area contributed by atoms with Crippen molar-refractivity contribution in [2.75, 3.05) is 11.9 Å². The van der Waals surface area contributed by atoms with Crippen LogP contribution in [0.1, 0.15) is 9.67 Å². The third-order valence-corrected chi connectivity index (χ3v) is 3.35. The van der Waals surface area contributed by atoms with Crippen LogP contribution in [0.15, 0.2) is 41.8 Å². The summed E-state index contributed by atoms with van der Waals surface area (Å²) in [6.07, 6.45) is 0. The van der Waals surface area contributed by atoms with Gasteiger partial charge in [-0.1, -0.05) is 29.8 Å².